The predicted molar refractivity (Wildman–Crippen MR) is 97.8 cm³/mol. The van der Waals surface area contributed by atoms with Gasteiger partial charge in [0.25, 0.3) is 0 Å². The van der Waals surface area contributed by atoms with Gasteiger partial charge in [-0.1, -0.05) is 23.9 Å². The highest BCUT2D eigenvalue weighted by Crippen LogP contribution is 2.33. The van der Waals surface area contributed by atoms with Crippen molar-refractivity contribution in [1.29, 1.82) is 0 Å². The molecule has 6 nitrogen and oxygen atoms in total. The Labute approximate surface area is 150 Å². The first-order valence-electron chi connectivity index (χ1n) is 7.69. The number of carbonyl (C=O) groups is 1. The van der Waals surface area contributed by atoms with Crippen molar-refractivity contribution in [3.63, 3.8) is 0 Å². The van der Waals surface area contributed by atoms with Crippen LogP contribution in [0.25, 0.3) is 0 Å². The number of methoxy groups -OCH3 is 1. The Hall–Kier alpha value is -2.67. The third kappa shape index (κ3) is 4.45. The third-order valence-electron chi connectivity index (χ3n) is 3.53. The van der Waals surface area contributed by atoms with Gasteiger partial charge in [0.1, 0.15) is 13.2 Å². The van der Waals surface area contributed by atoms with Gasteiger partial charge in [-0.05, 0) is 29.8 Å². The predicted octanol–water partition coefficient (Wildman–Crippen LogP) is 3.12. The van der Waals surface area contributed by atoms with E-state index in [4.69, 9.17) is 15.2 Å². The van der Waals surface area contributed by atoms with E-state index in [1.54, 1.807) is 12.1 Å². The molecular formula is C18H18N2O4S. The van der Waals surface area contributed by atoms with Crippen molar-refractivity contribution >= 4 is 28.6 Å². The summed E-state index contributed by atoms with van der Waals surface area (Å²) < 4.78 is 15.7. The minimum absolute atomic E-state index is 0.348. The number of nitrogens with zero attached hydrogens (tertiary/aromatic N) is 1. The number of hydrogen-bond donors (Lipinski definition) is 1. The number of esters is 1. The maximum absolute atomic E-state index is 11.4. The summed E-state index contributed by atoms with van der Waals surface area (Å²) in [6.45, 7) is 1.09. The maximum Gasteiger partial charge on any atom is 0.337 e. The van der Waals surface area contributed by atoms with Crippen molar-refractivity contribution in [2.24, 2.45) is 10.7 Å². The first-order chi connectivity index (χ1) is 12.2. The molecule has 0 atom stereocenters. The first-order valence-corrected chi connectivity index (χ1v) is 8.68. The number of thioether (sulfide) groups is 1. The van der Waals surface area contributed by atoms with E-state index >= 15 is 0 Å². The molecule has 0 bridgehead atoms. The normalized spacial score (nSPS) is 13.4. The van der Waals surface area contributed by atoms with Crippen LogP contribution in [0.1, 0.15) is 15.9 Å². The quantitative estimate of drug-likeness (QED) is 0.514. The maximum atomic E-state index is 11.4. The fourth-order valence-corrected chi connectivity index (χ4v) is 2.95. The molecule has 7 heteroatoms. The molecule has 0 unspecified atom stereocenters. The standard InChI is InChI=1S/C18H18N2O4S/c1-22-17(21)13-4-2-12(3-5-13)11-25-18(19)20-14-6-7-15-16(10-14)24-9-8-23-15/h2-7,10H,8-9,11H2,1H3,(H2,19,20). The van der Waals surface area contributed by atoms with Crippen molar-refractivity contribution in [3.8, 4) is 11.5 Å². The number of ether oxygens (including phenoxy) is 3. The summed E-state index contributed by atoms with van der Waals surface area (Å²) >= 11 is 1.42. The molecule has 2 N–H and O–H groups in total. The molecule has 1 heterocycles. The lowest BCUT2D eigenvalue weighted by Gasteiger charge is -2.18. The first kappa shape index (κ1) is 17.2. The molecule has 1 aliphatic heterocycles. The van der Waals surface area contributed by atoms with E-state index in [1.807, 2.05) is 30.3 Å². The van der Waals surface area contributed by atoms with Crippen LogP contribution < -0.4 is 15.2 Å². The molecule has 0 spiro atoms. The molecule has 0 aliphatic carbocycles. The van der Waals surface area contributed by atoms with E-state index in [1.165, 1.54) is 18.9 Å². The van der Waals surface area contributed by atoms with Crippen LogP contribution in [0.5, 0.6) is 11.5 Å². The Balaban J connectivity index is 1.61. The Bertz CT molecular complexity index is 790. The van der Waals surface area contributed by atoms with Gasteiger partial charge in [0.05, 0.1) is 18.4 Å². The molecule has 0 saturated heterocycles. The van der Waals surface area contributed by atoms with E-state index in [0.29, 0.717) is 35.4 Å². The van der Waals surface area contributed by atoms with Gasteiger partial charge in [-0.2, -0.15) is 0 Å². The molecule has 1 aliphatic rings. The van der Waals surface area contributed by atoms with Crippen LogP contribution in [0.3, 0.4) is 0 Å². The van der Waals surface area contributed by atoms with Crippen LogP contribution >= 0.6 is 11.8 Å². The average molecular weight is 358 g/mol. The lowest BCUT2D eigenvalue weighted by atomic mass is 10.1. The molecule has 2 aromatic carbocycles. The van der Waals surface area contributed by atoms with Crippen LogP contribution in [0.4, 0.5) is 5.69 Å². The minimum Gasteiger partial charge on any atom is -0.486 e. The van der Waals surface area contributed by atoms with E-state index in [-0.39, 0.29) is 5.97 Å². The second kappa shape index (κ2) is 7.94. The highest BCUT2D eigenvalue weighted by molar-refractivity contribution is 8.13. The monoisotopic (exact) mass is 358 g/mol. The minimum atomic E-state index is -0.348. The van der Waals surface area contributed by atoms with E-state index in [9.17, 15) is 4.79 Å². The molecule has 3 rings (SSSR count). The highest BCUT2D eigenvalue weighted by Gasteiger charge is 2.11. The van der Waals surface area contributed by atoms with Gasteiger partial charge < -0.3 is 19.9 Å². The van der Waals surface area contributed by atoms with E-state index < -0.39 is 0 Å². The summed E-state index contributed by atoms with van der Waals surface area (Å²) in [6, 6.07) is 12.7. The molecule has 0 fully saturated rings. The number of amidine groups is 1. The fraction of sp³-hybridized carbons (Fsp3) is 0.222. The van der Waals surface area contributed by atoms with Crippen molar-refractivity contribution in [2.75, 3.05) is 20.3 Å². The van der Waals surface area contributed by atoms with Crippen LogP contribution in [-0.2, 0) is 10.5 Å². The van der Waals surface area contributed by atoms with Crippen LogP contribution in [0, 0.1) is 0 Å². The summed E-state index contributed by atoms with van der Waals surface area (Å²) in [5.41, 5.74) is 8.28. The van der Waals surface area contributed by atoms with E-state index in [2.05, 4.69) is 9.73 Å². The Morgan fingerprint density at radius 2 is 1.88 bits per heavy atom. The molecule has 0 aromatic heterocycles. The Morgan fingerprint density at radius 3 is 2.60 bits per heavy atom. The second-order valence-corrected chi connectivity index (χ2v) is 6.25. The molecule has 130 valence electrons. The van der Waals surface area contributed by atoms with Gasteiger partial charge in [0.15, 0.2) is 16.7 Å². The van der Waals surface area contributed by atoms with E-state index in [0.717, 1.165) is 17.0 Å². The lowest BCUT2D eigenvalue weighted by molar-refractivity contribution is 0.0600. The number of benzene rings is 2. The van der Waals surface area contributed by atoms with Crippen molar-refractivity contribution < 1.29 is 19.0 Å². The Kier molecular flexibility index (Phi) is 5.45. The summed E-state index contributed by atoms with van der Waals surface area (Å²) in [5, 5.41) is 0.453. The second-order valence-electron chi connectivity index (χ2n) is 5.26. The van der Waals surface area contributed by atoms with Gasteiger partial charge >= 0.3 is 5.97 Å². The van der Waals surface area contributed by atoms with Crippen molar-refractivity contribution in [3.05, 3.63) is 53.6 Å². The average Bonchev–Trinajstić information content (AvgIpc) is 2.66. The van der Waals surface area contributed by atoms with Crippen molar-refractivity contribution in [1.82, 2.24) is 0 Å². The molecule has 25 heavy (non-hydrogen) atoms. The van der Waals surface area contributed by atoms with Crippen LogP contribution in [0.15, 0.2) is 47.5 Å². The van der Waals surface area contributed by atoms with Crippen LogP contribution in [-0.4, -0.2) is 31.5 Å². The topological polar surface area (TPSA) is 83.1 Å². The summed E-state index contributed by atoms with van der Waals surface area (Å²) in [4.78, 5) is 15.8. The SMILES string of the molecule is COC(=O)c1ccc(CSC(N)=Nc2ccc3c(c2)OCCO3)cc1. The number of carbonyl (C=O) groups excluding carboxylic acids is 1. The lowest BCUT2D eigenvalue weighted by Crippen LogP contribution is -2.15. The van der Waals surface area contributed by atoms with Crippen molar-refractivity contribution in [2.45, 2.75) is 5.75 Å². The summed E-state index contributed by atoms with van der Waals surface area (Å²) in [7, 11) is 1.36. The molecule has 0 saturated carbocycles. The van der Waals surface area contributed by atoms with Gasteiger partial charge in [-0.25, -0.2) is 9.79 Å². The van der Waals surface area contributed by atoms with Gasteiger partial charge in [0, 0.05) is 11.8 Å². The largest absolute Gasteiger partial charge is 0.486 e. The fourth-order valence-electron chi connectivity index (χ4n) is 2.27. The van der Waals surface area contributed by atoms with Gasteiger partial charge in [0.2, 0.25) is 0 Å². The number of rotatable bonds is 4. The zero-order valence-electron chi connectivity index (χ0n) is 13.7. The van der Waals surface area contributed by atoms with Gasteiger partial charge in [-0.15, -0.1) is 0 Å². The smallest absolute Gasteiger partial charge is 0.337 e. The highest BCUT2D eigenvalue weighted by atomic mass is 32.2. The molecular weight excluding hydrogens is 340 g/mol. The molecule has 2 aromatic rings. The third-order valence-corrected chi connectivity index (χ3v) is 4.39. The number of hydrogen-bond acceptors (Lipinski definition) is 6. The van der Waals surface area contributed by atoms with Gasteiger partial charge in [-0.3, -0.25) is 0 Å². The zero-order valence-corrected chi connectivity index (χ0v) is 14.5. The Morgan fingerprint density at radius 1 is 1.16 bits per heavy atom. The number of nitrogens with two attached hydrogens (primary N) is 1. The summed E-state index contributed by atoms with van der Waals surface area (Å²) in [6.07, 6.45) is 0. The molecule has 0 amide bonds. The zero-order chi connectivity index (χ0) is 17.6. The number of aliphatic imine (C=N–C) groups is 1. The number of fused-ring (bicyclic) bond motifs is 1. The van der Waals surface area contributed by atoms with Crippen LogP contribution in [0.2, 0.25) is 0 Å². The molecule has 0 radical (unpaired) electrons. The summed E-state index contributed by atoms with van der Waals surface area (Å²) in [5.74, 6) is 1.71.